The average Bonchev–Trinajstić information content (AvgIpc) is 3.12. The predicted octanol–water partition coefficient (Wildman–Crippen LogP) is 4.39. The number of benzene rings is 2. The van der Waals surface area contributed by atoms with Crippen LogP contribution in [0.5, 0.6) is 0 Å². The van der Waals surface area contributed by atoms with Crippen molar-refractivity contribution in [1.29, 1.82) is 0 Å². The lowest BCUT2D eigenvalue weighted by atomic mass is 10.1. The Hall–Kier alpha value is -2.99. The summed E-state index contributed by atoms with van der Waals surface area (Å²) in [5.41, 5.74) is 0.706. The number of halogens is 1. The molecule has 4 nitrogen and oxygen atoms in total. The number of hydrogen-bond acceptors (Lipinski definition) is 3. The van der Waals surface area contributed by atoms with Crippen molar-refractivity contribution < 1.29 is 14.0 Å². The van der Waals surface area contributed by atoms with Gasteiger partial charge >= 0.3 is 0 Å². The standard InChI is InChI=1S/C18H13FN2O2S/c19-13-7-2-4-9-15(13)21-17(22)12-6-1-3-8-14(12)20-18(23)16-10-5-11-24-16/h1-11H,(H,20,23)(H,21,22). The van der Waals surface area contributed by atoms with Crippen molar-refractivity contribution >= 4 is 34.5 Å². The van der Waals surface area contributed by atoms with Crippen LogP contribution < -0.4 is 10.6 Å². The summed E-state index contributed by atoms with van der Waals surface area (Å²) in [5.74, 6) is -1.32. The molecule has 0 spiro atoms. The van der Waals surface area contributed by atoms with Crippen LogP contribution in [0.25, 0.3) is 0 Å². The van der Waals surface area contributed by atoms with E-state index >= 15 is 0 Å². The second-order valence-corrected chi connectivity index (χ2v) is 5.86. The summed E-state index contributed by atoms with van der Waals surface area (Å²) in [6.45, 7) is 0. The third kappa shape index (κ3) is 3.49. The summed E-state index contributed by atoms with van der Waals surface area (Å²) in [5, 5.41) is 7.02. The van der Waals surface area contributed by atoms with E-state index in [-0.39, 0.29) is 17.2 Å². The van der Waals surface area contributed by atoms with Gasteiger partial charge in [0.25, 0.3) is 11.8 Å². The minimum atomic E-state index is -0.522. The molecule has 3 aromatic rings. The van der Waals surface area contributed by atoms with E-state index in [4.69, 9.17) is 0 Å². The Kier molecular flexibility index (Phi) is 4.67. The van der Waals surface area contributed by atoms with Gasteiger partial charge in [0.2, 0.25) is 0 Å². The molecule has 0 aliphatic rings. The van der Waals surface area contributed by atoms with Crippen molar-refractivity contribution in [1.82, 2.24) is 0 Å². The van der Waals surface area contributed by atoms with Crippen LogP contribution in [0.2, 0.25) is 0 Å². The second-order valence-electron chi connectivity index (χ2n) is 4.91. The van der Waals surface area contributed by atoms with Crippen LogP contribution in [0.4, 0.5) is 15.8 Å². The van der Waals surface area contributed by atoms with Gasteiger partial charge in [0.15, 0.2) is 0 Å². The first-order valence-electron chi connectivity index (χ1n) is 7.15. The molecule has 2 N–H and O–H groups in total. The van der Waals surface area contributed by atoms with Gasteiger partial charge in [-0.05, 0) is 35.7 Å². The van der Waals surface area contributed by atoms with E-state index in [0.717, 1.165) is 0 Å². The largest absolute Gasteiger partial charge is 0.321 e. The van der Waals surface area contributed by atoms with E-state index < -0.39 is 11.7 Å². The molecular weight excluding hydrogens is 327 g/mol. The Morgan fingerprint density at radius 2 is 1.46 bits per heavy atom. The molecule has 0 saturated heterocycles. The van der Waals surface area contributed by atoms with Crippen molar-refractivity contribution in [2.75, 3.05) is 10.6 Å². The van der Waals surface area contributed by atoms with Gasteiger partial charge in [-0.15, -0.1) is 11.3 Å². The van der Waals surface area contributed by atoms with E-state index in [1.165, 1.54) is 23.5 Å². The van der Waals surface area contributed by atoms with Crippen molar-refractivity contribution in [3.05, 3.63) is 82.3 Å². The molecule has 0 radical (unpaired) electrons. The molecule has 1 aromatic heterocycles. The maximum absolute atomic E-state index is 13.7. The van der Waals surface area contributed by atoms with Gasteiger partial charge in [-0.2, -0.15) is 0 Å². The lowest BCUT2D eigenvalue weighted by Gasteiger charge is -2.11. The highest BCUT2D eigenvalue weighted by molar-refractivity contribution is 7.12. The van der Waals surface area contributed by atoms with Crippen LogP contribution in [0, 0.1) is 5.82 Å². The summed E-state index contributed by atoms with van der Waals surface area (Å²) >= 11 is 1.31. The van der Waals surface area contributed by atoms with Crippen molar-refractivity contribution in [2.45, 2.75) is 0 Å². The highest BCUT2D eigenvalue weighted by Gasteiger charge is 2.15. The van der Waals surface area contributed by atoms with Crippen LogP contribution >= 0.6 is 11.3 Å². The fourth-order valence-electron chi connectivity index (χ4n) is 2.13. The number of rotatable bonds is 4. The van der Waals surface area contributed by atoms with Crippen molar-refractivity contribution in [2.24, 2.45) is 0 Å². The summed E-state index contributed by atoms with van der Waals surface area (Å²) in [6.07, 6.45) is 0. The number of carbonyl (C=O) groups is 2. The first-order valence-corrected chi connectivity index (χ1v) is 8.03. The van der Waals surface area contributed by atoms with Crippen LogP contribution in [0.1, 0.15) is 20.0 Å². The van der Waals surface area contributed by atoms with E-state index in [1.54, 1.807) is 53.9 Å². The molecule has 120 valence electrons. The molecule has 0 saturated carbocycles. The minimum Gasteiger partial charge on any atom is -0.321 e. The zero-order chi connectivity index (χ0) is 16.9. The molecule has 6 heteroatoms. The molecule has 24 heavy (non-hydrogen) atoms. The highest BCUT2D eigenvalue weighted by atomic mass is 32.1. The smallest absolute Gasteiger partial charge is 0.265 e. The molecule has 0 aliphatic carbocycles. The van der Waals surface area contributed by atoms with Gasteiger partial charge in [0.05, 0.1) is 21.8 Å². The van der Waals surface area contributed by atoms with Crippen LogP contribution in [-0.2, 0) is 0 Å². The Morgan fingerprint density at radius 1 is 0.792 bits per heavy atom. The Bertz CT molecular complexity index is 878. The molecule has 1 heterocycles. The van der Waals surface area contributed by atoms with Gasteiger partial charge in [-0.1, -0.05) is 30.3 Å². The normalized spacial score (nSPS) is 10.2. The van der Waals surface area contributed by atoms with E-state index in [1.807, 2.05) is 0 Å². The summed E-state index contributed by atoms with van der Waals surface area (Å²) in [4.78, 5) is 25.1. The van der Waals surface area contributed by atoms with E-state index in [2.05, 4.69) is 10.6 Å². The lowest BCUT2D eigenvalue weighted by Crippen LogP contribution is -2.18. The molecule has 0 unspecified atom stereocenters. The maximum Gasteiger partial charge on any atom is 0.265 e. The molecule has 0 atom stereocenters. The molecule has 2 aromatic carbocycles. The van der Waals surface area contributed by atoms with Crippen LogP contribution in [0.3, 0.4) is 0 Å². The number of anilines is 2. The highest BCUT2D eigenvalue weighted by Crippen LogP contribution is 2.20. The molecule has 3 rings (SSSR count). The molecule has 2 amide bonds. The minimum absolute atomic E-state index is 0.0851. The fraction of sp³-hybridized carbons (Fsp3) is 0. The third-order valence-corrected chi connectivity index (χ3v) is 4.16. The molecule has 0 fully saturated rings. The topological polar surface area (TPSA) is 58.2 Å². The van der Waals surface area contributed by atoms with Gasteiger partial charge in [0, 0.05) is 0 Å². The summed E-state index contributed by atoms with van der Waals surface area (Å²) < 4.78 is 13.7. The number of nitrogens with one attached hydrogen (secondary N) is 2. The van der Waals surface area contributed by atoms with Crippen LogP contribution in [0.15, 0.2) is 66.0 Å². The number of amides is 2. The zero-order valence-electron chi connectivity index (χ0n) is 12.5. The third-order valence-electron chi connectivity index (χ3n) is 3.29. The Balaban J connectivity index is 1.82. The van der Waals surface area contributed by atoms with Gasteiger partial charge in [-0.25, -0.2) is 4.39 Å². The lowest BCUT2D eigenvalue weighted by molar-refractivity contribution is 0.102. The molecule has 0 aliphatic heterocycles. The summed E-state index contributed by atoms with van der Waals surface area (Å²) in [6, 6.07) is 16.0. The number of thiophene rings is 1. The number of carbonyl (C=O) groups excluding carboxylic acids is 2. The fourth-order valence-corrected chi connectivity index (χ4v) is 2.75. The van der Waals surface area contributed by atoms with Crippen molar-refractivity contribution in [3.63, 3.8) is 0 Å². The molecule has 0 bridgehead atoms. The zero-order valence-corrected chi connectivity index (χ0v) is 13.3. The quantitative estimate of drug-likeness (QED) is 0.740. The first kappa shape index (κ1) is 15.9. The Morgan fingerprint density at radius 3 is 2.17 bits per heavy atom. The second kappa shape index (κ2) is 7.06. The summed E-state index contributed by atoms with van der Waals surface area (Å²) in [7, 11) is 0. The van der Waals surface area contributed by atoms with Crippen molar-refractivity contribution in [3.8, 4) is 0 Å². The van der Waals surface area contributed by atoms with Gasteiger partial charge in [0.1, 0.15) is 5.82 Å². The number of hydrogen-bond donors (Lipinski definition) is 2. The predicted molar refractivity (Wildman–Crippen MR) is 93.1 cm³/mol. The van der Waals surface area contributed by atoms with Crippen LogP contribution in [-0.4, -0.2) is 11.8 Å². The molecular formula is C18H13FN2O2S. The Labute approximate surface area is 142 Å². The average molecular weight is 340 g/mol. The first-order chi connectivity index (χ1) is 11.6. The van der Waals surface area contributed by atoms with Gasteiger partial charge in [-0.3, -0.25) is 9.59 Å². The SMILES string of the molecule is O=C(Nc1ccccc1C(=O)Nc1ccccc1F)c1cccs1. The van der Waals surface area contributed by atoms with E-state index in [9.17, 15) is 14.0 Å². The number of para-hydroxylation sites is 2. The monoisotopic (exact) mass is 340 g/mol. The van der Waals surface area contributed by atoms with E-state index in [0.29, 0.717) is 10.6 Å². The maximum atomic E-state index is 13.7. The van der Waals surface area contributed by atoms with Gasteiger partial charge < -0.3 is 10.6 Å².